The van der Waals surface area contributed by atoms with Crippen molar-refractivity contribution >= 4 is 18.2 Å². The molecular weight excluding hydrogens is 222 g/mol. The monoisotopic (exact) mass is 241 g/mol. The number of nitrogens with two attached hydrogens (primary N) is 2. The molecule has 0 unspecified atom stereocenters. The normalized spacial score (nSPS) is 18.8. The van der Waals surface area contributed by atoms with Gasteiger partial charge in [-0.15, -0.1) is 12.4 Å². The molecule has 1 fully saturated rings. The Kier molecular flexibility index (Phi) is 5.03. The average Bonchev–Trinajstić information content (AvgIpc) is 2.30. The van der Waals surface area contributed by atoms with E-state index in [2.05, 4.69) is 4.98 Å². The molecule has 1 saturated carbocycles. The molecule has 0 amide bonds. The van der Waals surface area contributed by atoms with Crippen molar-refractivity contribution in [2.24, 2.45) is 11.7 Å². The number of hydrogen-bond donors (Lipinski definition) is 2. The smallest absolute Gasteiger partial charge is 0.128 e. The van der Waals surface area contributed by atoms with E-state index >= 15 is 0 Å². The van der Waals surface area contributed by atoms with E-state index in [1.54, 1.807) is 6.20 Å². The zero-order valence-corrected chi connectivity index (χ0v) is 10.2. The maximum Gasteiger partial charge on any atom is 0.128 e. The van der Waals surface area contributed by atoms with Gasteiger partial charge in [-0.2, -0.15) is 0 Å². The first-order valence-electron chi connectivity index (χ1n) is 5.75. The van der Waals surface area contributed by atoms with Gasteiger partial charge in [0.25, 0.3) is 0 Å². The Labute approximate surface area is 103 Å². The number of nitrogen functional groups attached to an aromatic ring is 1. The van der Waals surface area contributed by atoms with Crippen LogP contribution in [0.25, 0.3) is 0 Å². The molecule has 1 aromatic heterocycles. The van der Waals surface area contributed by atoms with Gasteiger partial charge in [-0.05, 0) is 24.8 Å². The first-order valence-corrected chi connectivity index (χ1v) is 5.75. The van der Waals surface area contributed by atoms with Gasteiger partial charge in [0.1, 0.15) is 5.82 Å². The second kappa shape index (κ2) is 6.06. The molecule has 0 aromatic carbocycles. The van der Waals surface area contributed by atoms with Crippen molar-refractivity contribution in [3.8, 4) is 0 Å². The van der Waals surface area contributed by atoms with Crippen molar-refractivity contribution in [2.75, 3.05) is 5.73 Å². The van der Waals surface area contributed by atoms with Crippen LogP contribution in [-0.2, 0) is 0 Å². The minimum Gasteiger partial charge on any atom is -0.383 e. The highest BCUT2D eigenvalue weighted by Crippen LogP contribution is 2.34. The van der Waals surface area contributed by atoms with Crippen molar-refractivity contribution < 1.29 is 0 Å². The summed E-state index contributed by atoms with van der Waals surface area (Å²) in [6, 6.07) is 3.98. The van der Waals surface area contributed by atoms with Gasteiger partial charge in [-0.1, -0.05) is 25.3 Å². The van der Waals surface area contributed by atoms with Gasteiger partial charge < -0.3 is 11.5 Å². The molecule has 4 heteroatoms. The third-order valence-electron chi connectivity index (χ3n) is 3.39. The molecule has 0 spiro atoms. The van der Waals surface area contributed by atoms with Crippen molar-refractivity contribution in [3.05, 3.63) is 23.9 Å². The lowest BCUT2D eigenvalue weighted by Crippen LogP contribution is -2.24. The fourth-order valence-corrected chi connectivity index (χ4v) is 2.46. The van der Waals surface area contributed by atoms with Gasteiger partial charge in [0.05, 0.1) is 0 Å². The van der Waals surface area contributed by atoms with Crippen molar-refractivity contribution in [1.82, 2.24) is 4.98 Å². The number of hydrogen-bond acceptors (Lipinski definition) is 3. The number of anilines is 1. The van der Waals surface area contributed by atoms with Gasteiger partial charge in [-0.25, -0.2) is 4.98 Å². The van der Waals surface area contributed by atoms with E-state index in [1.807, 2.05) is 12.1 Å². The summed E-state index contributed by atoms with van der Waals surface area (Å²) < 4.78 is 0. The van der Waals surface area contributed by atoms with Crippen molar-refractivity contribution in [3.63, 3.8) is 0 Å². The summed E-state index contributed by atoms with van der Waals surface area (Å²) in [5, 5.41) is 0. The molecule has 3 nitrogen and oxygen atoms in total. The van der Waals surface area contributed by atoms with E-state index in [1.165, 1.54) is 32.1 Å². The zero-order valence-electron chi connectivity index (χ0n) is 9.43. The summed E-state index contributed by atoms with van der Waals surface area (Å²) in [5.41, 5.74) is 13.1. The summed E-state index contributed by atoms with van der Waals surface area (Å²) in [7, 11) is 0. The molecule has 1 atom stereocenters. The zero-order chi connectivity index (χ0) is 10.7. The SMILES string of the molecule is Cl.Nc1ncccc1[C@H](N)C1CCCCC1. The molecule has 0 radical (unpaired) electrons. The summed E-state index contributed by atoms with van der Waals surface area (Å²) >= 11 is 0. The molecular formula is C12H20ClN3. The van der Waals surface area contributed by atoms with Gasteiger partial charge in [0, 0.05) is 17.8 Å². The number of nitrogens with zero attached hydrogens (tertiary/aromatic N) is 1. The van der Waals surface area contributed by atoms with Crippen LogP contribution >= 0.6 is 12.4 Å². The predicted octanol–water partition coefficient (Wildman–Crippen LogP) is 2.67. The van der Waals surface area contributed by atoms with E-state index in [-0.39, 0.29) is 18.4 Å². The fraction of sp³-hybridized carbons (Fsp3) is 0.583. The summed E-state index contributed by atoms with van der Waals surface area (Å²) in [4.78, 5) is 4.09. The largest absolute Gasteiger partial charge is 0.383 e. The molecule has 1 heterocycles. The molecule has 0 bridgehead atoms. The van der Waals surface area contributed by atoms with E-state index < -0.39 is 0 Å². The lowest BCUT2D eigenvalue weighted by molar-refractivity contribution is 0.308. The van der Waals surface area contributed by atoms with Crippen LogP contribution < -0.4 is 11.5 Å². The third kappa shape index (κ3) is 2.86. The van der Waals surface area contributed by atoms with Gasteiger partial charge >= 0.3 is 0 Å². The average molecular weight is 242 g/mol. The lowest BCUT2D eigenvalue weighted by atomic mass is 9.82. The number of pyridine rings is 1. The quantitative estimate of drug-likeness (QED) is 0.837. The third-order valence-corrected chi connectivity index (χ3v) is 3.39. The van der Waals surface area contributed by atoms with E-state index in [0.29, 0.717) is 11.7 Å². The van der Waals surface area contributed by atoms with Gasteiger partial charge in [0.2, 0.25) is 0 Å². The standard InChI is InChI=1S/C12H19N3.ClH/c13-11(9-5-2-1-3-6-9)10-7-4-8-15-12(10)14;/h4,7-9,11H,1-3,5-6,13H2,(H2,14,15);1H/t11-;/m1./s1. The Hall–Kier alpha value is -0.800. The second-order valence-electron chi connectivity index (χ2n) is 4.40. The highest BCUT2D eigenvalue weighted by Gasteiger charge is 2.23. The summed E-state index contributed by atoms with van der Waals surface area (Å²) in [5.74, 6) is 1.18. The number of rotatable bonds is 2. The van der Waals surface area contributed by atoms with Crippen LogP contribution in [0.4, 0.5) is 5.82 Å². The highest BCUT2D eigenvalue weighted by molar-refractivity contribution is 5.85. The summed E-state index contributed by atoms with van der Waals surface area (Å²) in [6.07, 6.45) is 8.14. The predicted molar refractivity (Wildman–Crippen MR) is 69.4 cm³/mol. The van der Waals surface area contributed by atoms with Crippen LogP contribution in [0.3, 0.4) is 0 Å². The second-order valence-corrected chi connectivity index (χ2v) is 4.40. The molecule has 1 aliphatic carbocycles. The Balaban J connectivity index is 0.00000128. The Bertz CT molecular complexity index is 324. The van der Waals surface area contributed by atoms with Crippen molar-refractivity contribution in [2.45, 2.75) is 38.1 Å². The minimum atomic E-state index is 0. The molecule has 16 heavy (non-hydrogen) atoms. The number of aromatic nitrogens is 1. The molecule has 1 aliphatic rings. The maximum atomic E-state index is 6.25. The van der Waals surface area contributed by atoms with E-state index in [9.17, 15) is 0 Å². The molecule has 90 valence electrons. The molecule has 1 aromatic rings. The molecule has 4 N–H and O–H groups in total. The van der Waals surface area contributed by atoms with E-state index in [0.717, 1.165) is 5.56 Å². The van der Waals surface area contributed by atoms with Gasteiger partial charge in [-0.3, -0.25) is 0 Å². The topological polar surface area (TPSA) is 64.9 Å². The Morgan fingerprint density at radius 2 is 1.94 bits per heavy atom. The van der Waals surface area contributed by atoms with Crippen LogP contribution in [0.15, 0.2) is 18.3 Å². The highest BCUT2D eigenvalue weighted by atomic mass is 35.5. The number of halogens is 1. The summed E-state index contributed by atoms with van der Waals surface area (Å²) in [6.45, 7) is 0. The van der Waals surface area contributed by atoms with Crippen LogP contribution in [-0.4, -0.2) is 4.98 Å². The minimum absolute atomic E-state index is 0. The van der Waals surface area contributed by atoms with Crippen molar-refractivity contribution in [1.29, 1.82) is 0 Å². The molecule has 0 saturated heterocycles. The fourth-order valence-electron chi connectivity index (χ4n) is 2.46. The first kappa shape index (κ1) is 13.3. The Morgan fingerprint density at radius 1 is 1.25 bits per heavy atom. The first-order chi connectivity index (χ1) is 7.29. The van der Waals surface area contributed by atoms with E-state index in [4.69, 9.17) is 11.5 Å². The van der Waals surface area contributed by atoms with Crippen LogP contribution in [0.1, 0.15) is 43.7 Å². The van der Waals surface area contributed by atoms with Crippen LogP contribution in [0.2, 0.25) is 0 Å². The lowest BCUT2D eigenvalue weighted by Gasteiger charge is -2.28. The molecule has 2 rings (SSSR count). The maximum absolute atomic E-state index is 6.25. The van der Waals surface area contributed by atoms with Crippen LogP contribution in [0.5, 0.6) is 0 Å². The van der Waals surface area contributed by atoms with Gasteiger partial charge in [0.15, 0.2) is 0 Å². The molecule has 0 aliphatic heterocycles. The van der Waals surface area contributed by atoms with Crippen LogP contribution in [0, 0.1) is 5.92 Å². The Morgan fingerprint density at radius 3 is 2.56 bits per heavy atom.